The highest BCUT2D eigenvalue weighted by Gasteiger charge is 2.02. The van der Waals surface area contributed by atoms with E-state index in [-0.39, 0.29) is 5.92 Å². The van der Waals surface area contributed by atoms with Crippen LogP contribution >= 0.6 is 27.3 Å². The SMILES string of the molecule is CC(C#N)CNCc1sccc1Br. The summed E-state index contributed by atoms with van der Waals surface area (Å²) in [6.07, 6.45) is 0. The molecule has 2 nitrogen and oxygen atoms in total. The van der Waals surface area contributed by atoms with Gasteiger partial charge in [0.15, 0.2) is 0 Å². The van der Waals surface area contributed by atoms with Gasteiger partial charge in [0.05, 0.1) is 12.0 Å². The molecule has 13 heavy (non-hydrogen) atoms. The predicted molar refractivity (Wildman–Crippen MR) is 58.5 cm³/mol. The molecule has 0 fully saturated rings. The predicted octanol–water partition coefficient (Wildman–Crippen LogP) is 2.76. The molecule has 70 valence electrons. The fourth-order valence-corrected chi connectivity index (χ4v) is 2.36. The number of thiophene rings is 1. The standard InChI is InChI=1S/C9H11BrN2S/c1-7(4-11)5-12-6-9-8(10)2-3-13-9/h2-3,7,12H,5-6H2,1H3. The van der Waals surface area contributed by atoms with Crippen LogP contribution in [0.3, 0.4) is 0 Å². The van der Waals surface area contributed by atoms with Crippen LogP contribution in [0.15, 0.2) is 15.9 Å². The lowest BCUT2D eigenvalue weighted by Gasteiger charge is -2.04. The van der Waals surface area contributed by atoms with Crippen molar-refractivity contribution < 1.29 is 0 Å². The normalized spacial score (nSPS) is 12.4. The number of halogens is 1. The molecule has 0 saturated heterocycles. The molecule has 0 spiro atoms. The number of rotatable bonds is 4. The van der Waals surface area contributed by atoms with Gasteiger partial charge in [-0.2, -0.15) is 5.26 Å². The van der Waals surface area contributed by atoms with Crippen LogP contribution < -0.4 is 5.32 Å². The Kier molecular flexibility index (Phi) is 4.43. The van der Waals surface area contributed by atoms with Gasteiger partial charge in [-0.25, -0.2) is 0 Å². The first-order valence-corrected chi connectivity index (χ1v) is 5.73. The Morgan fingerprint density at radius 3 is 3.08 bits per heavy atom. The van der Waals surface area contributed by atoms with E-state index >= 15 is 0 Å². The molecule has 1 aromatic heterocycles. The molecule has 4 heteroatoms. The smallest absolute Gasteiger partial charge is 0.0666 e. The molecule has 1 aromatic rings. The van der Waals surface area contributed by atoms with E-state index < -0.39 is 0 Å². The number of nitriles is 1. The van der Waals surface area contributed by atoms with E-state index in [0.29, 0.717) is 0 Å². The third kappa shape index (κ3) is 3.47. The maximum atomic E-state index is 8.55. The number of nitrogens with zero attached hydrogens (tertiary/aromatic N) is 1. The first kappa shape index (κ1) is 10.7. The van der Waals surface area contributed by atoms with E-state index in [2.05, 4.69) is 32.7 Å². The summed E-state index contributed by atoms with van der Waals surface area (Å²) >= 11 is 5.17. The van der Waals surface area contributed by atoms with Crippen molar-refractivity contribution in [2.24, 2.45) is 5.92 Å². The zero-order valence-corrected chi connectivity index (χ0v) is 9.78. The average molecular weight is 259 g/mol. The minimum Gasteiger partial charge on any atom is -0.311 e. The lowest BCUT2D eigenvalue weighted by atomic mass is 10.2. The zero-order chi connectivity index (χ0) is 9.68. The molecule has 0 aliphatic carbocycles. The summed E-state index contributed by atoms with van der Waals surface area (Å²) in [6.45, 7) is 3.50. The third-order valence-electron chi connectivity index (χ3n) is 1.65. The van der Waals surface area contributed by atoms with Gasteiger partial charge in [0.1, 0.15) is 0 Å². The van der Waals surface area contributed by atoms with Crippen LogP contribution in [0.1, 0.15) is 11.8 Å². The van der Waals surface area contributed by atoms with Crippen molar-refractivity contribution in [3.05, 3.63) is 20.8 Å². The molecule has 1 N–H and O–H groups in total. The van der Waals surface area contributed by atoms with Crippen molar-refractivity contribution >= 4 is 27.3 Å². The molecule has 0 aliphatic heterocycles. The zero-order valence-electron chi connectivity index (χ0n) is 7.38. The number of hydrogen-bond acceptors (Lipinski definition) is 3. The second kappa shape index (κ2) is 5.38. The Hall–Kier alpha value is -0.370. The largest absolute Gasteiger partial charge is 0.311 e. The van der Waals surface area contributed by atoms with Crippen molar-refractivity contribution in [2.45, 2.75) is 13.5 Å². The van der Waals surface area contributed by atoms with Crippen molar-refractivity contribution in [1.82, 2.24) is 5.32 Å². The molecule has 1 unspecified atom stereocenters. The highest BCUT2D eigenvalue weighted by molar-refractivity contribution is 9.10. The Morgan fingerprint density at radius 2 is 2.54 bits per heavy atom. The Bertz CT molecular complexity index is 303. The molecule has 0 amide bonds. The van der Waals surface area contributed by atoms with Crippen LogP contribution in [-0.4, -0.2) is 6.54 Å². The molecule has 1 atom stereocenters. The molecule has 1 heterocycles. The second-order valence-corrected chi connectivity index (χ2v) is 4.71. The van der Waals surface area contributed by atoms with Crippen LogP contribution in [0.5, 0.6) is 0 Å². The Labute approximate surface area is 90.7 Å². The molecule has 0 bridgehead atoms. The Balaban J connectivity index is 2.29. The van der Waals surface area contributed by atoms with Gasteiger partial charge >= 0.3 is 0 Å². The number of nitrogens with one attached hydrogen (secondary N) is 1. The summed E-state index contributed by atoms with van der Waals surface area (Å²) < 4.78 is 1.15. The molecule has 1 rings (SSSR count). The van der Waals surface area contributed by atoms with E-state index in [1.54, 1.807) is 11.3 Å². The minimum absolute atomic E-state index is 0.0822. The van der Waals surface area contributed by atoms with Gasteiger partial charge in [-0.15, -0.1) is 11.3 Å². The Morgan fingerprint density at radius 1 is 1.77 bits per heavy atom. The van der Waals surface area contributed by atoms with Crippen molar-refractivity contribution in [2.75, 3.05) is 6.54 Å². The summed E-state index contributed by atoms with van der Waals surface area (Å²) in [7, 11) is 0. The highest BCUT2D eigenvalue weighted by Crippen LogP contribution is 2.22. The van der Waals surface area contributed by atoms with Gasteiger partial charge in [0.25, 0.3) is 0 Å². The monoisotopic (exact) mass is 258 g/mol. The van der Waals surface area contributed by atoms with Gasteiger partial charge in [0.2, 0.25) is 0 Å². The highest BCUT2D eigenvalue weighted by atomic mass is 79.9. The fraction of sp³-hybridized carbons (Fsp3) is 0.444. The van der Waals surface area contributed by atoms with Crippen LogP contribution in [-0.2, 0) is 6.54 Å². The lowest BCUT2D eigenvalue weighted by molar-refractivity contribution is 0.604. The maximum Gasteiger partial charge on any atom is 0.0666 e. The molecule has 0 radical (unpaired) electrons. The molecular formula is C9H11BrN2S. The lowest BCUT2D eigenvalue weighted by Crippen LogP contribution is -2.19. The second-order valence-electron chi connectivity index (χ2n) is 2.85. The maximum absolute atomic E-state index is 8.55. The third-order valence-corrected chi connectivity index (χ3v) is 3.57. The van der Waals surface area contributed by atoms with E-state index in [9.17, 15) is 0 Å². The number of hydrogen-bond donors (Lipinski definition) is 1. The summed E-state index contributed by atoms with van der Waals surface area (Å²) in [5.74, 6) is 0.0822. The van der Waals surface area contributed by atoms with E-state index in [4.69, 9.17) is 5.26 Å². The van der Waals surface area contributed by atoms with Gasteiger partial charge < -0.3 is 5.32 Å². The van der Waals surface area contributed by atoms with E-state index in [1.807, 2.05) is 13.0 Å². The van der Waals surface area contributed by atoms with Crippen LogP contribution in [0.2, 0.25) is 0 Å². The van der Waals surface area contributed by atoms with Crippen LogP contribution in [0.25, 0.3) is 0 Å². The van der Waals surface area contributed by atoms with Gasteiger partial charge in [-0.1, -0.05) is 0 Å². The van der Waals surface area contributed by atoms with Crippen molar-refractivity contribution in [1.29, 1.82) is 5.26 Å². The van der Waals surface area contributed by atoms with Gasteiger partial charge in [-0.3, -0.25) is 0 Å². The quantitative estimate of drug-likeness (QED) is 0.902. The topological polar surface area (TPSA) is 35.8 Å². The van der Waals surface area contributed by atoms with Gasteiger partial charge in [0, 0.05) is 22.4 Å². The summed E-state index contributed by atoms with van der Waals surface area (Å²) in [5.41, 5.74) is 0. The van der Waals surface area contributed by atoms with Crippen LogP contribution in [0, 0.1) is 17.2 Å². The summed E-state index contributed by atoms with van der Waals surface area (Å²) in [4.78, 5) is 1.28. The average Bonchev–Trinajstić information content (AvgIpc) is 2.52. The van der Waals surface area contributed by atoms with Gasteiger partial charge in [-0.05, 0) is 34.3 Å². The fourth-order valence-electron chi connectivity index (χ4n) is 0.899. The van der Waals surface area contributed by atoms with Crippen molar-refractivity contribution in [3.8, 4) is 6.07 Å². The molecular weight excluding hydrogens is 248 g/mol. The van der Waals surface area contributed by atoms with Crippen LogP contribution in [0.4, 0.5) is 0 Å². The molecule has 0 aliphatic rings. The van der Waals surface area contributed by atoms with E-state index in [0.717, 1.165) is 17.6 Å². The first-order chi connectivity index (χ1) is 6.24. The van der Waals surface area contributed by atoms with Crippen molar-refractivity contribution in [3.63, 3.8) is 0 Å². The minimum atomic E-state index is 0.0822. The summed E-state index contributed by atoms with van der Waals surface area (Å²) in [6, 6.07) is 4.23. The van der Waals surface area contributed by atoms with E-state index in [1.165, 1.54) is 4.88 Å². The summed E-state index contributed by atoms with van der Waals surface area (Å²) in [5, 5.41) is 13.8. The molecule has 0 saturated carbocycles. The first-order valence-electron chi connectivity index (χ1n) is 4.06. The molecule has 0 aromatic carbocycles.